The number of amides is 1. The lowest BCUT2D eigenvalue weighted by molar-refractivity contribution is -0.143. The molecule has 0 aliphatic carbocycles. The number of aliphatic hydroxyl groups excluding tert-OH is 1. The first-order valence-electron chi connectivity index (χ1n) is 7.51. The van der Waals surface area contributed by atoms with Crippen LogP contribution in [0.3, 0.4) is 0 Å². The number of nitrogens with zero attached hydrogens (tertiary/aromatic N) is 2. The predicted octanol–water partition coefficient (Wildman–Crippen LogP) is -0.947. The number of hydrogen-bond donors (Lipinski definition) is 2. The zero-order chi connectivity index (χ0) is 15.7. The van der Waals surface area contributed by atoms with Crippen LogP contribution in [0.4, 0.5) is 0 Å². The highest BCUT2D eigenvalue weighted by molar-refractivity contribution is 5.70. The summed E-state index contributed by atoms with van der Waals surface area (Å²) in [5.74, 6) is -0.326. The zero-order valence-electron chi connectivity index (χ0n) is 13.0. The second-order valence-electron chi connectivity index (χ2n) is 5.25. The maximum atomic E-state index is 11.6. The lowest BCUT2D eigenvalue weighted by Crippen LogP contribution is -2.49. The Morgan fingerprint density at radius 2 is 2.05 bits per heavy atom. The number of carbonyl (C=O) groups is 2. The standard InChI is InChI=1S/C14H27N3O4/c1-3-13(19)12(10-14(20)21-2)17-7-5-15-4-6-16(11-18)8-9-17/h11-13,15,19H,3-10H2,1-2H3. The summed E-state index contributed by atoms with van der Waals surface area (Å²) >= 11 is 0. The van der Waals surface area contributed by atoms with Crippen molar-refractivity contribution in [2.24, 2.45) is 0 Å². The maximum Gasteiger partial charge on any atom is 0.307 e. The van der Waals surface area contributed by atoms with Gasteiger partial charge < -0.3 is 20.1 Å². The first kappa shape index (κ1) is 17.9. The minimum absolute atomic E-state index is 0.159. The van der Waals surface area contributed by atoms with Crippen molar-refractivity contribution >= 4 is 12.4 Å². The minimum atomic E-state index is -0.588. The molecular weight excluding hydrogens is 274 g/mol. The van der Waals surface area contributed by atoms with Crippen LogP contribution in [0.1, 0.15) is 19.8 Å². The molecule has 1 saturated heterocycles. The van der Waals surface area contributed by atoms with Crippen LogP contribution in [0, 0.1) is 0 Å². The van der Waals surface area contributed by atoms with Gasteiger partial charge in [0.2, 0.25) is 6.41 Å². The SMILES string of the molecule is CCC(O)C(CC(=O)OC)N1CCNCCN(C=O)CC1. The van der Waals surface area contributed by atoms with E-state index in [1.165, 1.54) is 7.11 Å². The molecule has 1 amide bonds. The van der Waals surface area contributed by atoms with Gasteiger partial charge in [-0.15, -0.1) is 0 Å². The van der Waals surface area contributed by atoms with E-state index in [-0.39, 0.29) is 18.4 Å². The van der Waals surface area contributed by atoms with E-state index < -0.39 is 6.10 Å². The van der Waals surface area contributed by atoms with Gasteiger partial charge in [0.15, 0.2) is 0 Å². The number of esters is 1. The lowest BCUT2D eigenvalue weighted by atomic mass is 10.0. The largest absolute Gasteiger partial charge is 0.469 e. The quantitative estimate of drug-likeness (QED) is 0.486. The fourth-order valence-corrected chi connectivity index (χ4v) is 2.52. The molecule has 7 heteroatoms. The average Bonchev–Trinajstić information content (AvgIpc) is 2.63. The molecular formula is C14H27N3O4. The van der Waals surface area contributed by atoms with Crippen molar-refractivity contribution < 1.29 is 19.4 Å². The second-order valence-corrected chi connectivity index (χ2v) is 5.25. The van der Waals surface area contributed by atoms with E-state index in [2.05, 4.69) is 10.2 Å². The van der Waals surface area contributed by atoms with Gasteiger partial charge in [-0.3, -0.25) is 14.5 Å². The molecule has 0 aromatic rings. The smallest absolute Gasteiger partial charge is 0.307 e. The maximum absolute atomic E-state index is 11.6. The van der Waals surface area contributed by atoms with E-state index in [9.17, 15) is 14.7 Å². The van der Waals surface area contributed by atoms with Crippen LogP contribution >= 0.6 is 0 Å². The molecule has 0 aromatic carbocycles. The van der Waals surface area contributed by atoms with Crippen LogP contribution in [0.5, 0.6) is 0 Å². The average molecular weight is 301 g/mol. The molecule has 2 atom stereocenters. The van der Waals surface area contributed by atoms with Gasteiger partial charge in [-0.1, -0.05) is 6.92 Å². The minimum Gasteiger partial charge on any atom is -0.469 e. The third-order valence-electron chi connectivity index (χ3n) is 3.91. The van der Waals surface area contributed by atoms with Gasteiger partial charge in [-0.05, 0) is 6.42 Å². The summed E-state index contributed by atoms with van der Waals surface area (Å²) < 4.78 is 4.73. The topological polar surface area (TPSA) is 82.1 Å². The summed E-state index contributed by atoms with van der Waals surface area (Å²) in [6.45, 7) is 6.05. The Hall–Kier alpha value is -1.18. The van der Waals surface area contributed by atoms with Crippen LogP contribution in [-0.2, 0) is 14.3 Å². The predicted molar refractivity (Wildman–Crippen MR) is 78.8 cm³/mol. The number of ether oxygens (including phenoxy) is 1. The summed E-state index contributed by atoms with van der Waals surface area (Å²) in [7, 11) is 1.35. The first-order valence-corrected chi connectivity index (χ1v) is 7.51. The molecule has 1 aliphatic rings. The molecule has 21 heavy (non-hydrogen) atoms. The molecule has 0 bridgehead atoms. The molecule has 1 rings (SSSR count). The van der Waals surface area contributed by atoms with E-state index in [4.69, 9.17) is 4.74 Å². The summed E-state index contributed by atoms with van der Waals surface area (Å²) in [6.07, 6.45) is 0.987. The Bertz CT molecular complexity index is 327. The molecule has 122 valence electrons. The molecule has 1 heterocycles. The third-order valence-corrected chi connectivity index (χ3v) is 3.91. The Labute approximate surface area is 126 Å². The Morgan fingerprint density at radius 1 is 1.33 bits per heavy atom. The summed E-state index contributed by atoms with van der Waals surface area (Å²) in [6, 6.07) is -0.282. The van der Waals surface area contributed by atoms with Crippen molar-refractivity contribution in [2.45, 2.75) is 31.9 Å². The molecule has 0 saturated carbocycles. The van der Waals surface area contributed by atoms with Crippen molar-refractivity contribution in [1.82, 2.24) is 15.1 Å². The monoisotopic (exact) mass is 301 g/mol. The fraction of sp³-hybridized carbons (Fsp3) is 0.857. The van der Waals surface area contributed by atoms with Gasteiger partial charge in [-0.2, -0.15) is 0 Å². The number of nitrogens with one attached hydrogen (secondary N) is 1. The van der Waals surface area contributed by atoms with E-state index in [0.717, 1.165) is 26.0 Å². The molecule has 7 nitrogen and oxygen atoms in total. The highest BCUT2D eigenvalue weighted by Crippen LogP contribution is 2.13. The van der Waals surface area contributed by atoms with Gasteiger partial charge in [0.1, 0.15) is 0 Å². The highest BCUT2D eigenvalue weighted by Gasteiger charge is 2.28. The van der Waals surface area contributed by atoms with Gasteiger partial charge >= 0.3 is 5.97 Å². The van der Waals surface area contributed by atoms with Crippen LogP contribution in [-0.4, -0.2) is 85.8 Å². The van der Waals surface area contributed by atoms with E-state index >= 15 is 0 Å². The number of carbonyl (C=O) groups excluding carboxylic acids is 2. The Kier molecular flexibility index (Phi) is 8.26. The molecule has 0 radical (unpaired) electrons. The summed E-state index contributed by atoms with van der Waals surface area (Å²) in [4.78, 5) is 26.3. The van der Waals surface area contributed by atoms with Gasteiger partial charge in [-0.25, -0.2) is 0 Å². The second kappa shape index (κ2) is 9.70. The van der Waals surface area contributed by atoms with Crippen LogP contribution in [0.2, 0.25) is 0 Å². The fourth-order valence-electron chi connectivity index (χ4n) is 2.52. The highest BCUT2D eigenvalue weighted by atomic mass is 16.5. The number of hydrogen-bond acceptors (Lipinski definition) is 6. The lowest BCUT2D eigenvalue weighted by Gasteiger charge is -2.34. The van der Waals surface area contributed by atoms with Crippen molar-refractivity contribution in [1.29, 1.82) is 0 Å². The summed E-state index contributed by atoms with van der Waals surface area (Å²) in [5, 5.41) is 13.5. The normalized spacial score (nSPS) is 20.8. The Morgan fingerprint density at radius 3 is 2.67 bits per heavy atom. The first-order chi connectivity index (χ1) is 10.1. The molecule has 0 aromatic heterocycles. The van der Waals surface area contributed by atoms with Crippen LogP contribution in [0.15, 0.2) is 0 Å². The number of aliphatic hydroxyl groups is 1. The third kappa shape index (κ3) is 5.99. The van der Waals surface area contributed by atoms with E-state index in [1.54, 1.807) is 4.90 Å². The number of methoxy groups -OCH3 is 1. The van der Waals surface area contributed by atoms with Crippen molar-refractivity contribution in [2.75, 3.05) is 46.4 Å². The summed E-state index contributed by atoms with van der Waals surface area (Å²) in [5.41, 5.74) is 0. The molecule has 0 spiro atoms. The van der Waals surface area contributed by atoms with Crippen LogP contribution < -0.4 is 5.32 Å². The van der Waals surface area contributed by atoms with Crippen LogP contribution in [0.25, 0.3) is 0 Å². The van der Waals surface area contributed by atoms with Crippen molar-refractivity contribution in [3.05, 3.63) is 0 Å². The van der Waals surface area contributed by atoms with Crippen molar-refractivity contribution in [3.8, 4) is 0 Å². The van der Waals surface area contributed by atoms with Crippen molar-refractivity contribution in [3.63, 3.8) is 0 Å². The van der Waals surface area contributed by atoms with Gasteiger partial charge in [0.25, 0.3) is 0 Å². The number of rotatable bonds is 6. The molecule has 2 N–H and O–H groups in total. The van der Waals surface area contributed by atoms with E-state index in [1.807, 2.05) is 6.92 Å². The molecule has 1 fully saturated rings. The Balaban J connectivity index is 2.75. The van der Waals surface area contributed by atoms with Gasteiger partial charge in [0.05, 0.1) is 19.6 Å². The molecule has 1 aliphatic heterocycles. The van der Waals surface area contributed by atoms with Gasteiger partial charge in [0, 0.05) is 45.3 Å². The van der Waals surface area contributed by atoms with E-state index in [0.29, 0.717) is 26.1 Å². The zero-order valence-corrected chi connectivity index (χ0v) is 13.0. The molecule has 2 unspecified atom stereocenters.